The van der Waals surface area contributed by atoms with Crippen molar-refractivity contribution in [1.29, 1.82) is 0 Å². The molecule has 0 radical (unpaired) electrons. The van der Waals surface area contributed by atoms with Gasteiger partial charge in [-0.05, 0) is 77.4 Å². The molecule has 1 aromatic heterocycles. The fourth-order valence-corrected chi connectivity index (χ4v) is 5.37. The van der Waals surface area contributed by atoms with Crippen molar-refractivity contribution in [3.05, 3.63) is 16.0 Å². The number of nitrogens with one attached hydrogen (secondary N) is 1. The number of nitrogens with two attached hydrogens (primary N) is 1. The summed E-state index contributed by atoms with van der Waals surface area (Å²) in [6, 6.07) is 0.477. The molecule has 0 aromatic carbocycles. The maximum atomic E-state index is 6.55. The summed E-state index contributed by atoms with van der Waals surface area (Å²) in [5, 5.41) is 3.90. The van der Waals surface area contributed by atoms with Gasteiger partial charge in [0.2, 0.25) is 5.28 Å². The normalized spacial score (nSPS) is 42.0. The van der Waals surface area contributed by atoms with Gasteiger partial charge in [-0.3, -0.25) is 0 Å². The van der Waals surface area contributed by atoms with E-state index < -0.39 is 0 Å². The van der Waals surface area contributed by atoms with E-state index in [1.54, 1.807) is 6.20 Å². The van der Waals surface area contributed by atoms with E-state index in [1.807, 2.05) is 0 Å². The van der Waals surface area contributed by atoms with Crippen molar-refractivity contribution in [2.24, 2.45) is 23.5 Å². The second kappa shape index (κ2) is 4.55. The van der Waals surface area contributed by atoms with Crippen LogP contribution >= 0.6 is 27.5 Å². The standard InChI is InChI=1S/C14H18BrClN4/c15-10-6-18-13(16)20-12(10)19-11-8-1-7-2-9(11)5-14(17,3-7)4-8/h6-9,11H,1-5,17H2,(H,18,19,20). The van der Waals surface area contributed by atoms with Gasteiger partial charge in [0.1, 0.15) is 5.82 Å². The number of rotatable bonds is 2. The molecule has 1 aromatic rings. The second-order valence-corrected chi connectivity index (χ2v) is 8.03. The third-order valence-corrected chi connectivity index (χ3v) is 6.10. The summed E-state index contributed by atoms with van der Waals surface area (Å²) in [6.07, 6.45) is 7.85. The SMILES string of the molecule is NC12CC3CC(C1)C(Nc1nc(Cl)ncc1Br)C(C3)C2. The van der Waals surface area contributed by atoms with E-state index in [1.165, 1.54) is 19.3 Å². The molecule has 0 aliphatic heterocycles. The summed E-state index contributed by atoms with van der Waals surface area (Å²) >= 11 is 9.40. The molecule has 4 saturated carbocycles. The molecular formula is C14H18BrClN4. The minimum atomic E-state index is 0.106. The van der Waals surface area contributed by atoms with Crippen molar-refractivity contribution in [1.82, 2.24) is 9.97 Å². The molecule has 3 N–H and O–H groups in total. The fourth-order valence-electron chi connectivity index (χ4n) is 4.93. The molecule has 4 fully saturated rings. The van der Waals surface area contributed by atoms with Gasteiger partial charge in [0, 0.05) is 17.8 Å². The highest BCUT2D eigenvalue weighted by Crippen LogP contribution is 2.55. The highest BCUT2D eigenvalue weighted by molar-refractivity contribution is 9.10. The molecule has 20 heavy (non-hydrogen) atoms. The van der Waals surface area contributed by atoms with Crippen molar-refractivity contribution in [3.8, 4) is 0 Å². The molecule has 4 aliphatic rings. The van der Waals surface area contributed by atoms with E-state index in [0.717, 1.165) is 29.1 Å². The number of anilines is 1. The van der Waals surface area contributed by atoms with Crippen molar-refractivity contribution < 1.29 is 0 Å². The van der Waals surface area contributed by atoms with Crippen LogP contribution in [0.4, 0.5) is 5.82 Å². The van der Waals surface area contributed by atoms with Crippen LogP contribution in [0.3, 0.4) is 0 Å². The number of halogens is 2. The van der Waals surface area contributed by atoms with Crippen molar-refractivity contribution in [3.63, 3.8) is 0 Å². The largest absolute Gasteiger partial charge is 0.366 e. The predicted molar refractivity (Wildman–Crippen MR) is 82.6 cm³/mol. The summed E-state index contributed by atoms with van der Waals surface area (Å²) in [5.74, 6) is 3.00. The van der Waals surface area contributed by atoms with Crippen molar-refractivity contribution in [2.45, 2.75) is 43.7 Å². The number of nitrogens with zero attached hydrogens (tertiary/aromatic N) is 2. The van der Waals surface area contributed by atoms with Crippen LogP contribution in [0.5, 0.6) is 0 Å². The number of hydrogen-bond donors (Lipinski definition) is 2. The summed E-state index contributed by atoms with van der Waals surface area (Å²) in [4.78, 5) is 8.29. The topological polar surface area (TPSA) is 63.8 Å². The Labute approximate surface area is 132 Å². The molecule has 0 spiro atoms. The van der Waals surface area contributed by atoms with Crippen LogP contribution in [-0.4, -0.2) is 21.5 Å². The van der Waals surface area contributed by atoms with Gasteiger partial charge < -0.3 is 11.1 Å². The van der Waals surface area contributed by atoms with E-state index in [9.17, 15) is 0 Å². The smallest absolute Gasteiger partial charge is 0.224 e. The maximum absolute atomic E-state index is 6.55. The molecule has 4 nitrogen and oxygen atoms in total. The van der Waals surface area contributed by atoms with Crippen LogP contribution in [0.15, 0.2) is 10.7 Å². The molecule has 1 heterocycles. The summed E-state index contributed by atoms with van der Waals surface area (Å²) in [6.45, 7) is 0. The van der Waals surface area contributed by atoms with Gasteiger partial charge in [-0.1, -0.05) is 0 Å². The van der Waals surface area contributed by atoms with Crippen LogP contribution in [0.2, 0.25) is 5.28 Å². The Balaban J connectivity index is 1.59. The Hall–Kier alpha value is -0.390. The zero-order valence-electron chi connectivity index (χ0n) is 11.1. The average Bonchev–Trinajstić information content (AvgIpc) is 2.36. The predicted octanol–water partition coefficient (Wildman–Crippen LogP) is 3.21. The Bertz CT molecular complexity index is 536. The van der Waals surface area contributed by atoms with Crippen molar-refractivity contribution in [2.75, 3.05) is 5.32 Å². The zero-order chi connectivity index (χ0) is 13.9. The van der Waals surface area contributed by atoms with Crippen LogP contribution in [0.25, 0.3) is 0 Å². The molecule has 2 atom stereocenters. The lowest BCUT2D eigenvalue weighted by atomic mass is 9.51. The molecule has 0 saturated heterocycles. The first-order chi connectivity index (χ1) is 9.52. The summed E-state index contributed by atoms with van der Waals surface area (Å²) < 4.78 is 0.873. The molecule has 108 valence electrons. The highest BCUT2D eigenvalue weighted by atomic mass is 79.9. The monoisotopic (exact) mass is 356 g/mol. The Kier molecular flexibility index (Phi) is 3.02. The van der Waals surface area contributed by atoms with Crippen LogP contribution in [-0.2, 0) is 0 Å². The maximum Gasteiger partial charge on any atom is 0.224 e. The first-order valence-corrected chi connectivity index (χ1v) is 8.43. The molecule has 4 bridgehead atoms. The van der Waals surface area contributed by atoms with E-state index in [0.29, 0.717) is 17.9 Å². The number of aromatic nitrogens is 2. The van der Waals surface area contributed by atoms with E-state index in [-0.39, 0.29) is 10.8 Å². The lowest BCUT2D eigenvalue weighted by Crippen LogP contribution is -2.62. The van der Waals surface area contributed by atoms with Crippen LogP contribution < -0.4 is 11.1 Å². The average molecular weight is 358 g/mol. The Morgan fingerprint density at radius 1 is 1.30 bits per heavy atom. The Morgan fingerprint density at radius 3 is 2.65 bits per heavy atom. The van der Waals surface area contributed by atoms with Gasteiger partial charge in [-0.2, -0.15) is 4.98 Å². The van der Waals surface area contributed by atoms with Crippen LogP contribution in [0.1, 0.15) is 32.1 Å². The minimum Gasteiger partial charge on any atom is -0.366 e. The van der Waals surface area contributed by atoms with Gasteiger partial charge in [-0.25, -0.2) is 4.98 Å². The van der Waals surface area contributed by atoms with Gasteiger partial charge in [-0.15, -0.1) is 0 Å². The van der Waals surface area contributed by atoms with E-state index in [2.05, 4.69) is 31.2 Å². The first-order valence-electron chi connectivity index (χ1n) is 7.26. The fraction of sp³-hybridized carbons (Fsp3) is 0.714. The summed E-state index contributed by atoms with van der Waals surface area (Å²) in [7, 11) is 0. The lowest BCUT2D eigenvalue weighted by molar-refractivity contribution is -0.0108. The van der Waals surface area contributed by atoms with Gasteiger partial charge in [0.15, 0.2) is 0 Å². The van der Waals surface area contributed by atoms with Gasteiger partial charge in [0.25, 0.3) is 0 Å². The van der Waals surface area contributed by atoms with Crippen LogP contribution in [0, 0.1) is 17.8 Å². The van der Waals surface area contributed by atoms with Gasteiger partial charge in [0.05, 0.1) is 4.47 Å². The second-order valence-electron chi connectivity index (χ2n) is 6.84. The Morgan fingerprint density at radius 2 is 2.00 bits per heavy atom. The highest BCUT2D eigenvalue weighted by Gasteiger charge is 2.53. The molecule has 4 aliphatic carbocycles. The molecule has 2 unspecified atom stereocenters. The molecule has 5 rings (SSSR count). The quantitative estimate of drug-likeness (QED) is 0.798. The lowest BCUT2D eigenvalue weighted by Gasteiger charge is -2.59. The van der Waals surface area contributed by atoms with E-state index in [4.69, 9.17) is 17.3 Å². The van der Waals surface area contributed by atoms with Crippen molar-refractivity contribution >= 4 is 33.3 Å². The molecule has 0 amide bonds. The summed E-state index contributed by atoms with van der Waals surface area (Å²) in [5.41, 5.74) is 6.65. The number of hydrogen-bond acceptors (Lipinski definition) is 4. The molecule has 6 heteroatoms. The first kappa shape index (κ1) is 13.3. The third kappa shape index (κ3) is 2.14. The van der Waals surface area contributed by atoms with Gasteiger partial charge >= 0.3 is 0 Å². The third-order valence-electron chi connectivity index (χ3n) is 5.34. The minimum absolute atomic E-state index is 0.106. The van der Waals surface area contributed by atoms with E-state index >= 15 is 0 Å². The molecular weight excluding hydrogens is 340 g/mol. The zero-order valence-corrected chi connectivity index (χ0v) is 13.5.